The van der Waals surface area contributed by atoms with Crippen LogP contribution in [0.5, 0.6) is 0 Å². The molecule has 3 heterocycles. The van der Waals surface area contributed by atoms with Crippen molar-refractivity contribution in [1.29, 1.82) is 0 Å². The number of benzene rings is 2. The number of hydrazine groups is 1. The Morgan fingerprint density at radius 2 is 1.85 bits per heavy atom. The van der Waals surface area contributed by atoms with Crippen LogP contribution in [0.15, 0.2) is 65.5 Å². The van der Waals surface area contributed by atoms with Crippen molar-refractivity contribution in [1.82, 2.24) is 15.8 Å². The first kappa shape index (κ1) is 17.0. The molecule has 2 fully saturated rings. The third-order valence-electron chi connectivity index (χ3n) is 6.35. The van der Waals surface area contributed by atoms with Gasteiger partial charge in [-0.1, -0.05) is 42.5 Å². The standard InChI is InChI=1S/C23H27N3O/c1-2-4-20-13-21(6-5-18(20)3-1)22-14-24-25-23(22)19-7-10-26(11-8-19)15-17-9-12-27-16-17/h1-6,9,12-13,16,19,22-25H,7-8,10-11,14-15H2. The van der Waals surface area contributed by atoms with Crippen LogP contribution in [-0.4, -0.2) is 30.6 Å². The Labute approximate surface area is 160 Å². The molecule has 2 aliphatic rings. The Morgan fingerprint density at radius 1 is 1.00 bits per heavy atom. The highest BCUT2D eigenvalue weighted by Crippen LogP contribution is 2.33. The molecule has 2 atom stereocenters. The fourth-order valence-corrected chi connectivity index (χ4v) is 4.84. The number of rotatable bonds is 4. The summed E-state index contributed by atoms with van der Waals surface area (Å²) >= 11 is 0. The van der Waals surface area contributed by atoms with Gasteiger partial charge in [0, 0.05) is 30.6 Å². The first-order chi connectivity index (χ1) is 13.4. The quantitative estimate of drug-likeness (QED) is 0.739. The van der Waals surface area contributed by atoms with Gasteiger partial charge in [0.15, 0.2) is 0 Å². The molecule has 4 nitrogen and oxygen atoms in total. The zero-order valence-corrected chi connectivity index (χ0v) is 15.6. The van der Waals surface area contributed by atoms with Crippen LogP contribution < -0.4 is 10.9 Å². The monoisotopic (exact) mass is 361 g/mol. The summed E-state index contributed by atoms with van der Waals surface area (Å²) in [5.74, 6) is 1.26. The van der Waals surface area contributed by atoms with Gasteiger partial charge in [0.25, 0.3) is 0 Å². The number of piperidine rings is 1. The molecule has 27 heavy (non-hydrogen) atoms. The van der Waals surface area contributed by atoms with Crippen LogP contribution in [-0.2, 0) is 6.54 Å². The largest absolute Gasteiger partial charge is 0.472 e. The third-order valence-corrected chi connectivity index (χ3v) is 6.35. The Kier molecular flexibility index (Phi) is 4.70. The fraction of sp³-hybridized carbons (Fsp3) is 0.391. The number of nitrogens with zero attached hydrogens (tertiary/aromatic N) is 1. The minimum Gasteiger partial charge on any atom is -0.472 e. The SMILES string of the molecule is c1ccc2cc(C3CNNC3C3CCN(Cc4ccoc4)CC3)ccc2c1. The predicted molar refractivity (Wildman–Crippen MR) is 108 cm³/mol. The molecule has 1 aromatic heterocycles. The van der Waals surface area contributed by atoms with Gasteiger partial charge in [-0.05, 0) is 54.3 Å². The van der Waals surface area contributed by atoms with Crippen molar-refractivity contribution in [3.63, 3.8) is 0 Å². The molecule has 0 radical (unpaired) electrons. The predicted octanol–water partition coefficient (Wildman–Crippen LogP) is 3.91. The van der Waals surface area contributed by atoms with Crippen LogP contribution in [0.1, 0.15) is 29.9 Å². The summed E-state index contributed by atoms with van der Waals surface area (Å²) in [6.45, 7) is 4.35. The molecule has 0 aliphatic carbocycles. The number of likely N-dealkylation sites (tertiary alicyclic amines) is 1. The first-order valence-electron chi connectivity index (χ1n) is 10.1. The molecular formula is C23H27N3O. The number of hydrogen-bond acceptors (Lipinski definition) is 4. The van der Waals surface area contributed by atoms with Gasteiger partial charge < -0.3 is 4.42 Å². The molecule has 2 unspecified atom stereocenters. The van der Waals surface area contributed by atoms with Gasteiger partial charge in [-0.3, -0.25) is 15.8 Å². The van der Waals surface area contributed by atoms with E-state index in [-0.39, 0.29) is 0 Å². The zero-order chi connectivity index (χ0) is 18.1. The highest BCUT2D eigenvalue weighted by molar-refractivity contribution is 5.83. The summed E-state index contributed by atoms with van der Waals surface area (Å²) in [6, 6.07) is 18.2. The molecule has 0 saturated carbocycles. The Hall–Kier alpha value is -2.14. The molecule has 0 amide bonds. The molecule has 2 aliphatic heterocycles. The van der Waals surface area contributed by atoms with Gasteiger partial charge in [0.1, 0.15) is 0 Å². The van der Waals surface area contributed by atoms with E-state index in [1.165, 1.54) is 47.8 Å². The molecule has 2 saturated heterocycles. The molecule has 0 bridgehead atoms. The Morgan fingerprint density at radius 3 is 2.67 bits per heavy atom. The lowest BCUT2D eigenvalue weighted by atomic mass is 9.80. The second-order valence-corrected chi connectivity index (χ2v) is 8.01. The summed E-state index contributed by atoms with van der Waals surface area (Å²) in [5.41, 5.74) is 9.77. The maximum atomic E-state index is 5.21. The molecule has 140 valence electrons. The normalized spacial score (nSPS) is 24.6. The van der Waals surface area contributed by atoms with Crippen molar-refractivity contribution < 1.29 is 4.42 Å². The van der Waals surface area contributed by atoms with Crippen LogP contribution in [0.25, 0.3) is 10.8 Å². The number of hydrogen-bond donors (Lipinski definition) is 2. The maximum Gasteiger partial charge on any atom is 0.0947 e. The summed E-state index contributed by atoms with van der Waals surface area (Å²) < 4.78 is 5.21. The van der Waals surface area contributed by atoms with Crippen LogP contribution in [0, 0.1) is 5.92 Å². The molecule has 3 aromatic rings. The van der Waals surface area contributed by atoms with Crippen molar-refractivity contribution >= 4 is 10.8 Å². The smallest absolute Gasteiger partial charge is 0.0947 e. The van der Waals surface area contributed by atoms with Gasteiger partial charge >= 0.3 is 0 Å². The molecule has 5 rings (SSSR count). The fourth-order valence-electron chi connectivity index (χ4n) is 4.84. The van der Waals surface area contributed by atoms with Crippen LogP contribution in [0.2, 0.25) is 0 Å². The Balaban J connectivity index is 1.27. The van der Waals surface area contributed by atoms with Crippen molar-refractivity contribution in [3.8, 4) is 0 Å². The van der Waals surface area contributed by atoms with E-state index in [2.05, 4.69) is 64.3 Å². The van der Waals surface area contributed by atoms with Gasteiger partial charge in [0.2, 0.25) is 0 Å². The molecule has 0 spiro atoms. The molecule has 2 aromatic carbocycles. The van der Waals surface area contributed by atoms with E-state index in [1.54, 1.807) is 6.26 Å². The summed E-state index contributed by atoms with van der Waals surface area (Å²) in [4.78, 5) is 2.55. The van der Waals surface area contributed by atoms with Crippen molar-refractivity contribution in [2.45, 2.75) is 31.3 Å². The second kappa shape index (κ2) is 7.47. The first-order valence-corrected chi connectivity index (χ1v) is 10.1. The highest BCUT2D eigenvalue weighted by atomic mass is 16.3. The van der Waals surface area contributed by atoms with Crippen LogP contribution in [0.3, 0.4) is 0 Å². The van der Waals surface area contributed by atoms with E-state index in [0.717, 1.165) is 19.0 Å². The van der Waals surface area contributed by atoms with Crippen molar-refractivity contribution in [3.05, 3.63) is 72.2 Å². The topological polar surface area (TPSA) is 40.4 Å². The summed E-state index contributed by atoms with van der Waals surface area (Å²) in [7, 11) is 0. The lowest BCUT2D eigenvalue weighted by Gasteiger charge is -2.36. The van der Waals surface area contributed by atoms with E-state index in [4.69, 9.17) is 4.42 Å². The van der Waals surface area contributed by atoms with E-state index in [1.807, 2.05) is 6.26 Å². The van der Waals surface area contributed by atoms with Crippen LogP contribution in [0.4, 0.5) is 0 Å². The molecule has 4 heteroatoms. The maximum absolute atomic E-state index is 5.21. The number of fused-ring (bicyclic) bond motifs is 1. The van der Waals surface area contributed by atoms with Crippen molar-refractivity contribution in [2.75, 3.05) is 19.6 Å². The van der Waals surface area contributed by atoms with Gasteiger partial charge in [-0.15, -0.1) is 0 Å². The highest BCUT2D eigenvalue weighted by Gasteiger charge is 2.36. The minimum atomic E-state index is 0.516. The molecule has 2 N–H and O–H groups in total. The van der Waals surface area contributed by atoms with Gasteiger partial charge in [-0.25, -0.2) is 0 Å². The van der Waals surface area contributed by atoms with E-state index in [0.29, 0.717) is 12.0 Å². The minimum absolute atomic E-state index is 0.516. The lowest BCUT2D eigenvalue weighted by Crippen LogP contribution is -2.43. The third kappa shape index (κ3) is 3.53. The van der Waals surface area contributed by atoms with E-state index in [9.17, 15) is 0 Å². The average molecular weight is 361 g/mol. The Bertz CT molecular complexity index is 884. The summed E-state index contributed by atoms with van der Waals surface area (Å²) in [5, 5.41) is 2.67. The second-order valence-electron chi connectivity index (χ2n) is 8.01. The molecular weight excluding hydrogens is 334 g/mol. The number of nitrogens with one attached hydrogen (secondary N) is 2. The average Bonchev–Trinajstić information content (AvgIpc) is 3.40. The zero-order valence-electron chi connectivity index (χ0n) is 15.6. The van der Waals surface area contributed by atoms with Gasteiger partial charge in [0.05, 0.1) is 12.5 Å². The summed E-state index contributed by atoms with van der Waals surface area (Å²) in [6.07, 6.45) is 6.14. The lowest BCUT2D eigenvalue weighted by molar-refractivity contribution is 0.151. The number of furan rings is 1. The van der Waals surface area contributed by atoms with Gasteiger partial charge in [-0.2, -0.15) is 0 Å². The van der Waals surface area contributed by atoms with E-state index < -0.39 is 0 Å². The van der Waals surface area contributed by atoms with Crippen LogP contribution >= 0.6 is 0 Å². The van der Waals surface area contributed by atoms with E-state index >= 15 is 0 Å². The van der Waals surface area contributed by atoms with Crippen molar-refractivity contribution in [2.24, 2.45) is 5.92 Å².